The lowest BCUT2D eigenvalue weighted by Gasteiger charge is -2.45. The number of hydrogen-bond donors (Lipinski definition) is 3. The average molecular weight is 422 g/mol. The smallest absolute Gasteiger partial charge is 0.355 e. The number of hydrogen-bond acceptors (Lipinski definition) is 6. The summed E-state index contributed by atoms with van der Waals surface area (Å²) in [5.41, 5.74) is 0.169. The molecule has 3 fully saturated rings. The third kappa shape index (κ3) is 4.02. The van der Waals surface area contributed by atoms with E-state index in [1.54, 1.807) is 5.38 Å². The van der Waals surface area contributed by atoms with Crippen LogP contribution in [0.1, 0.15) is 79.9 Å². The van der Waals surface area contributed by atoms with Gasteiger partial charge in [-0.25, -0.2) is 9.78 Å². The summed E-state index contributed by atoms with van der Waals surface area (Å²) in [7, 11) is 0. The highest BCUT2D eigenvalue weighted by Crippen LogP contribution is 2.48. The van der Waals surface area contributed by atoms with Crippen molar-refractivity contribution in [2.24, 2.45) is 17.3 Å². The molecule has 2 heterocycles. The van der Waals surface area contributed by atoms with Crippen molar-refractivity contribution in [3.63, 3.8) is 0 Å². The summed E-state index contributed by atoms with van der Waals surface area (Å²) in [5, 5.41) is 32.5. The minimum Gasteiger partial charge on any atom is -0.476 e. The number of thiazole rings is 1. The van der Waals surface area contributed by atoms with Crippen molar-refractivity contribution in [3.8, 4) is 0 Å². The Morgan fingerprint density at radius 1 is 1.45 bits per heavy atom. The van der Waals surface area contributed by atoms with Gasteiger partial charge in [-0.05, 0) is 49.9 Å². The number of fused-ring (bicyclic) bond motifs is 1. The van der Waals surface area contributed by atoms with Crippen LogP contribution < -0.4 is 0 Å². The molecule has 29 heavy (non-hydrogen) atoms. The molecule has 2 aliphatic carbocycles. The monoisotopic (exact) mass is 421 g/mol. The number of carbonyl (C=O) groups is 1. The number of aromatic nitrogens is 1. The van der Waals surface area contributed by atoms with Crippen LogP contribution in [0.25, 0.3) is 0 Å². The predicted octanol–water partition coefficient (Wildman–Crippen LogP) is 3.95. The van der Waals surface area contributed by atoms with Gasteiger partial charge in [-0.1, -0.05) is 25.5 Å². The summed E-state index contributed by atoms with van der Waals surface area (Å²) < 4.78 is 6.23. The van der Waals surface area contributed by atoms with Gasteiger partial charge in [0.2, 0.25) is 0 Å². The van der Waals surface area contributed by atoms with Gasteiger partial charge in [0.1, 0.15) is 11.1 Å². The standard InChI is InChI=1S/C22H31NO5S/c1-2-22(9-4-10-22)19(25)6-3-5-13-14-7-8-17(28-18(14)11-16(13)24)20-23-15(12-29-20)21(26)27/h3,5,12-14,16-19,24-25H,2,4,6-11H2,1H3,(H,26,27)/b5-3+/t13-,14-,16-,17-,18+,19?/m1/s1. The molecule has 0 spiro atoms. The maximum absolute atomic E-state index is 11.1. The first-order valence-electron chi connectivity index (χ1n) is 10.8. The maximum Gasteiger partial charge on any atom is 0.355 e. The van der Waals surface area contributed by atoms with Crippen molar-refractivity contribution in [2.75, 3.05) is 0 Å². The summed E-state index contributed by atoms with van der Waals surface area (Å²) in [6.07, 6.45) is 10.6. The van der Waals surface area contributed by atoms with Crippen molar-refractivity contribution in [3.05, 3.63) is 28.2 Å². The third-order valence-electron chi connectivity index (χ3n) is 7.49. The molecule has 1 saturated heterocycles. The van der Waals surface area contributed by atoms with Crippen molar-refractivity contribution >= 4 is 17.3 Å². The molecule has 6 atom stereocenters. The van der Waals surface area contributed by atoms with E-state index >= 15 is 0 Å². The number of aromatic carboxylic acids is 1. The molecule has 0 bridgehead atoms. The lowest BCUT2D eigenvalue weighted by atomic mass is 9.63. The van der Waals surface area contributed by atoms with Crippen LogP contribution in [0, 0.1) is 17.3 Å². The molecule has 1 aromatic rings. The van der Waals surface area contributed by atoms with E-state index < -0.39 is 12.1 Å². The first-order valence-corrected chi connectivity index (χ1v) is 11.7. The fourth-order valence-electron chi connectivity index (χ4n) is 5.42. The Morgan fingerprint density at radius 2 is 2.24 bits per heavy atom. The molecule has 160 valence electrons. The highest BCUT2D eigenvalue weighted by molar-refractivity contribution is 7.09. The van der Waals surface area contributed by atoms with E-state index in [2.05, 4.69) is 24.1 Å². The molecule has 7 heteroatoms. The Balaban J connectivity index is 1.35. The van der Waals surface area contributed by atoms with Crippen LogP contribution in [0.3, 0.4) is 0 Å². The van der Waals surface area contributed by atoms with Crippen LogP contribution in [0.15, 0.2) is 17.5 Å². The van der Waals surface area contributed by atoms with Gasteiger partial charge >= 0.3 is 5.97 Å². The zero-order valence-electron chi connectivity index (χ0n) is 16.9. The second-order valence-electron chi connectivity index (χ2n) is 8.91. The van der Waals surface area contributed by atoms with Gasteiger partial charge in [0.25, 0.3) is 0 Å². The topological polar surface area (TPSA) is 99.9 Å². The molecule has 6 nitrogen and oxygen atoms in total. The summed E-state index contributed by atoms with van der Waals surface area (Å²) in [6.45, 7) is 2.16. The van der Waals surface area contributed by atoms with Crippen molar-refractivity contribution in [2.45, 2.75) is 82.7 Å². The first kappa shape index (κ1) is 21.0. The van der Waals surface area contributed by atoms with Gasteiger partial charge in [0.15, 0.2) is 5.69 Å². The molecule has 0 radical (unpaired) electrons. The normalized spacial score (nSPS) is 34.7. The summed E-state index contributed by atoms with van der Waals surface area (Å²) in [6, 6.07) is 0. The van der Waals surface area contributed by atoms with E-state index in [9.17, 15) is 15.0 Å². The highest BCUT2D eigenvalue weighted by Gasteiger charge is 2.46. The first-order chi connectivity index (χ1) is 13.9. The zero-order valence-corrected chi connectivity index (χ0v) is 17.7. The minimum absolute atomic E-state index is 0.0332. The highest BCUT2D eigenvalue weighted by atomic mass is 32.1. The van der Waals surface area contributed by atoms with Crippen LogP contribution in [-0.4, -0.2) is 44.6 Å². The van der Waals surface area contributed by atoms with E-state index in [0.29, 0.717) is 17.8 Å². The van der Waals surface area contributed by atoms with Crippen molar-refractivity contribution < 1.29 is 24.9 Å². The fraction of sp³-hybridized carbons (Fsp3) is 0.727. The van der Waals surface area contributed by atoms with Crippen LogP contribution >= 0.6 is 11.3 Å². The second kappa shape index (κ2) is 8.46. The van der Waals surface area contributed by atoms with Crippen LogP contribution in [-0.2, 0) is 4.74 Å². The summed E-state index contributed by atoms with van der Waals surface area (Å²) >= 11 is 1.33. The predicted molar refractivity (Wildman–Crippen MR) is 110 cm³/mol. The Bertz CT molecular complexity index is 753. The molecule has 1 unspecified atom stereocenters. The number of rotatable bonds is 7. The second-order valence-corrected chi connectivity index (χ2v) is 9.80. The number of carboxylic acids is 1. The SMILES string of the molecule is CCC1(C(O)C/C=C/[C@@H]2[C@H]3CC[C@H](c4nc(C(=O)O)cs4)O[C@H]3C[C@H]2O)CCC1. The molecule has 2 saturated carbocycles. The lowest BCUT2D eigenvalue weighted by Crippen LogP contribution is -2.40. The minimum atomic E-state index is -1.02. The van der Waals surface area contributed by atoms with Crippen LogP contribution in [0.2, 0.25) is 0 Å². The van der Waals surface area contributed by atoms with E-state index in [1.165, 1.54) is 17.8 Å². The summed E-state index contributed by atoms with van der Waals surface area (Å²) in [4.78, 5) is 15.3. The number of carboxylic acid groups (broad SMARTS) is 1. The van der Waals surface area contributed by atoms with Gasteiger partial charge in [-0.2, -0.15) is 0 Å². The van der Waals surface area contributed by atoms with E-state index in [-0.39, 0.29) is 41.3 Å². The van der Waals surface area contributed by atoms with Gasteiger partial charge in [0, 0.05) is 17.7 Å². The van der Waals surface area contributed by atoms with Crippen LogP contribution in [0.5, 0.6) is 0 Å². The average Bonchev–Trinajstić information content (AvgIpc) is 3.26. The number of aliphatic hydroxyl groups is 2. The fourth-order valence-corrected chi connectivity index (χ4v) is 6.28. The van der Waals surface area contributed by atoms with E-state index in [0.717, 1.165) is 32.1 Å². The van der Waals surface area contributed by atoms with Gasteiger partial charge < -0.3 is 20.1 Å². The number of aliphatic hydroxyl groups excluding tert-OH is 2. The third-order valence-corrected chi connectivity index (χ3v) is 8.42. The lowest BCUT2D eigenvalue weighted by molar-refractivity contribution is -0.0767. The molecule has 1 aliphatic heterocycles. The van der Waals surface area contributed by atoms with E-state index in [4.69, 9.17) is 9.84 Å². The Labute approximate surface area is 175 Å². The molecule has 1 aromatic heterocycles. The molecule has 4 rings (SSSR count). The van der Waals surface area contributed by atoms with Gasteiger partial charge in [-0.3, -0.25) is 0 Å². The maximum atomic E-state index is 11.1. The molecule has 0 amide bonds. The molecule has 0 aromatic carbocycles. The zero-order chi connectivity index (χ0) is 20.6. The molecule has 3 aliphatic rings. The Kier molecular flexibility index (Phi) is 6.11. The Hall–Kier alpha value is -1.28. The van der Waals surface area contributed by atoms with Crippen molar-refractivity contribution in [1.29, 1.82) is 0 Å². The van der Waals surface area contributed by atoms with E-state index in [1.807, 2.05) is 0 Å². The van der Waals surface area contributed by atoms with Gasteiger partial charge in [0.05, 0.1) is 18.3 Å². The Morgan fingerprint density at radius 3 is 2.86 bits per heavy atom. The quantitative estimate of drug-likeness (QED) is 0.577. The molecular formula is C22H31NO5S. The van der Waals surface area contributed by atoms with Gasteiger partial charge in [-0.15, -0.1) is 11.3 Å². The summed E-state index contributed by atoms with van der Waals surface area (Å²) in [5.74, 6) is -0.702. The molecular weight excluding hydrogens is 390 g/mol. The van der Waals surface area contributed by atoms with Crippen molar-refractivity contribution in [1.82, 2.24) is 4.98 Å². The largest absolute Gasteiger partial charge is 0.476 e. The van der Waals surface area contributed by atoms with Crippen LogP contribution in [0.4, 0.5) is 0 Å². The molecule has 3 N–H and O–H groups in total. The number of nitrogens with zero attached hydrogens (tertiary/aromatic N) is 1. The number of ether oxygens (including phenoxy) is 1.